The quantitative estimate of drug-likeness (QED) is 0.620. The topological polar surface area (TPSA) is 12.5 Å². The molecule has 0 saturated heterocycles. The van der Waals surface area contributed by atoms with E-state index >= 15 is 0 Å². The molecule has 1 aromatic carbocycles. The van der Waals surface area contributed by atoms with Gasteiger partial charge in [-0.2, -0.15) is 0 Å². The lowest BCUT2D eigenvalue weighted by Crippen LogP contribution is -2.15. The van der Waals surface area contributed by atoms with Crippen LogP contribution in [0, 0.1) is 0 Å². The maximum absolute atomic E-state index is 5.91. The Kier molecular flexibility index (Phi) is 4.72. The van der Waals surface area contributed by atoms with Gasteiger partial charge in [0.15, 0.2) is 0 Å². The van der Waals surface area contributed by atoms with Crippen molar-refractivity contribution < 1.29 is 4.74 Å². The van der Waals surface area contributed by atoms with E-state index in [9.17, 15) is 0 Å². The first-order valence-corrected chi connectivity index (χ1v) is 5.74. The number of rotatable bonds is 4. The van der Waals surface area contributed by atoms with Crippen LogP contribution in [0.25, 0.3) is 0 Å². The van der Waals surface area contributed by atoms with Crippen molar-refractivity contribution in [3.05, 3.63) is 28.8 Å². The fraction of sp³-hybridized carbons (Fsp3) is 0.400. The van der Waals surface area contributed by atoms with Crippen molar-refractivity contribution in [1.29, 1.82) is 0 Å². The van der Waals surface area contributed by atoms with E-state index in [1.165, 1.54) is 0 Å². The average Bonchev–Trinajstić information content (AvgIpc) is 2.18. The highest BCUT2D eigenvalue weighted by molar-refractivity contribution is 9.09. The molecule has 0 heterocycles. The van der Waals surface area contributed by atoms with Crippen molar-refractivity contribution in [3.8, 4) is 5.75 Å². The third kappa shape index (κ3) is 3.15. The molecule has 0 atom stereocenters. The van der Waals surface area contributed by atoms with Crippen LogP contribution in [0.5, 0.6) is 5.75 Å². The maximum atomic E-state index is 5.91. The molecule has 0 N–H and O–H groups in total. The number of halogens is 2. The van der Waals surface area contributed by atoms with Gasteiger partial charge in [0, 0.05) is 17.1 Å². The van der Waals surface area contributed by atoms with E-state index in [1.807, 2.05) is 25.2 Å². The van der Waals surface area contributed by atoms with Crippen LogP contribution in [0.15, 0.2) is 18.2 Å². The van der Waals surface area contributed by atoms with Gasteiger partial charge in [0.1, 0.15) is 5.75 Å². The van der Waals surface area contributed by atoms with Gasteiger partial charge < -0.3 is 4.74 Å². The van der Waals surface area contributed by atoms with Gasteiger partial charge in [-0.25, -0.2) is 0 Å². The summed E-state index contributed by atoms with van der Waals surface area (Å²) in [6.45, 7) is 0.814. The number of nitrogens with zero attached hydrogens (tertiary/aromatic N) is 1. The first-order chi connectivity index (χ1) is 6.67. The Morgan fingerprint density at radius 3 is 2.79 bits per heavy atom. The fourth-order valence-corrected chi connectivity index (χ4v) is 1.58. The summed E-state index contributed by atoms with van der Waals surface area (Å²) < 4.78 is 5.25. The minimum atomic E-state index is 0.740. The lowest BCUT2D eigenvalue weighted by molar-refractivity contribution is 0.365. The number of ether oxygens (including phenoxy) is 1. The average molecular weight is 279 g/mol. The number of hydrogen-bond acceptors (Lipinski definition) is 2. The van der Waals surface area contributed by atoms with E-state index < -0.39 is 0 Å². The third-order valence-electron chi connectivity index (χ3n) is 1.89. The second kappa shape index (κ2) is 5.59. The van der Waals surface area contributed by atoms with E-state index in [4.69, 9.17) is 16.3 Å². The maximum Gasteiger partial charge on any atom is 0.123 e. The molecule has 0 saturated carbocycles. The Bertz CT molecular complexity index is 306. The van der Waals surface area contributed by atoms with Crippen LogP contribution in [0.3, 0.4) is 0 Å². The molecule has 0 bridgehead atoms. The monoisotopic (exact) mass is 277 g/mol. The van der Waals surface area contributed by atoms with Crippen LogP contribution in [0.1, 0.15) is 5.56 Å². The zero-order valence-corrected chi connectivity index (χ0v) is 10.6. The molecule has 0 aromatic heterocycles. The van der Waals surface area contributed by atoms with E-state index in [0.29, 0.717) is 0 Å². The second-order valence-corrected chi connectivity index (χ2v) is 4.03. The van der Waals surface area contributed by atoms with Gasteiger partial charge in [-0.3, -0.25) is 4.90 Å². The summed E-state index contributed by atoms with van der Waals surface area (Å²) in [5.74, 6) is 0.877. The normalized spacial score (nSPS) is 10.6. The number of hydrogen-bond donors (Lipinski definition) is 0. The second-order valence-electron chi connectivity index (χ2n) is 3.09. The molecular weight excluding hydrogens is 265 g/mol. The molecule has 0 aliphatic rings. The summed E-state index contributed by atoms with van der Waals surface area (Å²) in [4.78, 5) is 2.12. The summed E-state index contributed by atoms with van der Waals surface area (Å²) in [5.41, 5.74) is 1.92. The molecule has 0 aliphatic heterocycles. The third-order valence-corrected chi connectivity index (χ3v) is 2.98. The Morgan fingerprint density at radius 2 is 2.21 bits per heavy atom. The molecule has 0 radical (unpaired) electrons. The highest BCUT2D eigenvalue weighted by Crippen LogP contribution is 2.23. The molecule has 2 nitrogen and oxygen atoms in total. The largest absolute Gasteiger partial charge is 0.496 e. The first kappa shape index (κ1) is 11.8. The minimum absolute atomic E-state index is 0.740. The Hall–Kier alpha value is -0.250. The number of methoxy groups -OCH3 is 1. The summed E-state index contributed by atoms with van der Waals surface area (Å²) in [5, 5.41) is 0.740. The molecule has 1 rings (SSSR count). The number of benzene rings is 1. The van der Waals surface area contributed by atoms with Crippen LogP contribution in [-0.4, -0.2) is 24.5 Å². The highest BCUT2D eigenvalue weighted by atomic mass is 79.9. The molecule has 0 unspecified atom stereocenters. The molecule has 14 heavy (non-hydrogen) atoms. The zero-order valence-electron chi connectivity index (χ0n) is 8.26. The van der Waals surface area contributed by atoms with Crippen LogP contribution >= 0.6 is 27.5 Å². The predicted octanol–water partition coefficient (Wildman–Crippen LogP) is 3.13. The van der Waals surface area contributed by atoms with Crippen molar-refractivity contribution in [3.63, 3.8) is 0 Å². The Balaban J connectivity index is 2.87. The van der Waals surface area contributed by atoms with Gasteiger partial charge in [-0.15, -0.1) is 0 Å². The van der Waals surface area contributed by atoms with Crippen molar-refractivity contribution in [2.75, 3.05) is 19.6 Å². The minimum Gasteiger partial charge on any atom is -0.496 e. The van der Waals surface area contributed by atoms with Gasteiger partial charge in [-0.1, -0.05) is 27.5 Å². The molecule has 0 aliphatic carbocycles. The molecular formula is C10H13BrClNO. The summed E-state index contributed by atoms with van der Waals surface area (Å²) in [6.07, 6.45) is 0. The van der Waals surface area contributed by atoms with Crippen molar-refractivity contribution >= 4 is 27.5 Å². The van der Waals surface area contributed by atoms with Crippen LogP contribution < -0.4 is 4.74 Å². The summed E-state index contributed by atoms with van der Waals surface area (Å²) in [7, 11) is 3.69. The van der Waals surface area contributed by atoms with E-state index in [2.05, 4.69) is 20.8 Å². The molecule has 0 amide bonds. The van der Waals surface area contributed by atoms with Gasteiger partial charge in [-0.05, 0) is 25.2 Å². The smallest absolute Gasteiger partial charge is 0.123 e. The first-order valence-electron chi connectivity index (χ1n) is 4.24. The lowest BCUT2D eigenvalue weighted by Gasteiger charge is -2.15. The van der Waals surface area contributed by atoms with Gasteiger partial charge in [0.2, 0.25) is 0 Å². The molecule has 78 valence electrons. The molecule has 0 fully saturated rings. The van der Waals surface area contributed by atoms with Crippen LogP contribution in [-0.2, 0) is 6.54 Å². The Labute approximate surface area is 97.9 Å². The van der Waals surface area contributed by atoms with Crippen molar-refractivity contribution in [2.45, 2.75) is 6.54 Å². The van der Waals surface area contributed by atoms with Crippen molar-refractivity contribution in [1.82, 2.24) is 4.90 Å². The molecule has 0 spiro atoms. The lowest BCUT2D eigenvalue weighted by atomic mass is 10.2. The van der Waals surface area contributed by atoms with Crippen LogP contribution in [0.2, 0.25) is 5.02 Å². The van der Waals surface area contributed by atoms with Gasteiger partial charge in [0.05, 0.1) is 12.6 Å². The van der Waals surface area contributed by atoms with E-state index in [0.717, 1.165) is 28.3 Å². The fourth-order valence-electron chi connectivity index (χ4n) is 1.20. The zero-order chi connectivity index (χ0) is 10.6. The highest BCUT2D eigenvalue weighted by Gasteiger charge is 2.05. The van der Waals surface area contributed by atoms with E-state index in [1.54, 1.807) is 7.11 Å². The van der Waals surface area contributed by atoms with Gasteiger partial charge >= 0.3 is 0 Å². The molecule has 4 heteroatoms. The summed E-state index contributed by atoms with van der Waals surface area (Å²) >= 11 is 9.30. The number of alkyl halides is 1. The Morgan fingerprint density at radius 1 is 1.50 bits per heavy atom. The van der Waals surface area contributed by atoms with Crippen LogP contribution in [0.4, 0.5) is 0 Å². The standard InChI is InChI=1S/C10H13BrClNO/c1-13(7-11)6-8-5-9(12)3-4-10(8)14-2/h3-5H,6-7H2,1-2H3. The summed E-state index contributed by atoms with van der Waals surface area (Å²) in [6, 6.07) is 5.65. The SMILES string of the molecule is COc1ccc(Cl)cc1CN(C)CBr. The van der Waals surface area contributed by atoms with Gasteiger partial charge in [0.25, 0.3) is 0 Å². The van der Waals surface area contributed by atoms with Crippen molar-refractivity contribution in [2.24, 2.45) is 0 Å². The van der Waals surface area contributed by atoms with E-state index in [-0.39, 0.29) is 0 Å². The predicted molar refractivity (Wildman–Crippen MR) is 63.3 cm³/mol. The molecule has 1 aromatic rings.